The van der Waals surface area contributed by atoms with E-state index in [4.69, 9.17) is 23.2 Å². The Morgan fingerprint density at radius 2 is 1.70 bits per heavy atom. The van der Waals surface area contributed by atoms with Crippen LogP contribution in [-0.4, -0.2) is 23.2 Å². The zero-order valence-electron chi connectivity index (χ0n) is 10.5. The highest BCUT2D eigenvalue weighted by molar-refractivity contribution is 6.32. The summed E-state index contributed by atoms with van der Waals surface area (Å²) < 4.78 is 4.61. The fourth-order valence-corrected chi connectivity index (χ4v) is 2.23. The number of rotatable bonds is 3. The quantitative estimate of drug-likeness (QED) is 0.698. The van der Waals surface area contributed by atoms with Gasteiger partial charge in [0, 0.05) is 0 Å². The number of ether oxygens (including phenoxy) is 1. The molecule has 0 fully saturated rings. The number of aliphatic hydroxyl groups is 1. The van der Waals surface area contributed by atoms with Crippen LogP contribution in [-0.2, 0) is 4.74 Å². The lowest BCUT2D eigenvalue weighted by Gasteiger charge is -2.12. The smallest absolute Gasteiger partial charge is 0.337 e. The number of carbonyl (C=O) groups is 1. The molecule has 1 atom stereocenters. The molecule has 2 rings (SSSR count). The average molecular weight is 312 g/mol. The van der Waals surface area contributed by atoms with Crippen LogP contribution in [0.25, 0.3) is 0 Å². The molecular formula is C14H11Cl2NO3. The number of esters is 1. The Kier molecular flexibility index (Phi) is 4.60. The van der Waals surface area contributed by atoms with Crippen molar-refractivity contribution >= 4 is 29.2 Å². The minimum absolute atomic E-state index is 0.206. The Morgan fingerprint density at radius 3 is 2.20 bits per heavy atom. The summed E-state index contributed by atoms with van der Waals surface area (Å²) in [7, 11) is 1.31. The van der Waals surface area contributed by atoms with Crippen LogP contribution in [0.4, 0.5) is 0 Å². The fourth-order valence-electron chi connectivity index (χ4n) is 1.75. The van der Waals surface area contributed by atoms with Crippen LogP contribution in [0.1, 0.15) is 27.6 Å². The normalized spacial score (nSPS) is 12.0. The number of pyridine rings is 1. The molecule has 0 saturated carbocycles. The van der Waals surface area contributed by atoms with E-state index < -0.39 is 12.1 Å². The maximum Gasteiger partial charge on any atom is 0.337 e. The number of hydrogen-bond acceptors (Lipinski definition) is 4. The van der Waals surface area contributed by atoms with E-state index in [2.05, 4.69) is 9.72 Å². The number of nitrogens with zero attached hydrogens (tertiary/aromatic N) is 1. The van der Waals surface area contributed by atoms with E-state index in [1.165, 1.54) is 19.2 Å². The lowest BCUT2D eigenvalue weighted by molar-refractivity contribution is 0.0600. The van der Waals surface area contributed by atoms with Gasteiger partial charge in [-0.3, -0.25) is 0 Å². The molecule has 20 heavy (non-hydrogen) atoms. The van der Waals surface area contributed by atoms with Crippen LogP contribution in [0.15, 0.2) is 36.4 Å². The molecule has 0 aliphatic rings. The van der Waals surface area contributed by atoms with Gasteiger partial charge in [0.1, 0.15) is 16.4 Å². The van der Waals surface area contributed by atoms with Crippen LogP contribution in [0, 0.1) is 0 Å². The van der Waals surface area contributed by atoms with Gasteiger partial charge in [-0.05, 0) is 35.4 Å². The largest absolute Gasteiger partial charge is 0.465 e. The number of benzene rings is 1. The van der Waals surface area contributed by atoms with E-state index in [9.17, 15) is 9.90 Å². The van der Waals surface area contributed by atoms with Crippen molar-refractivity contribution < 1.29 is 14.6 Å². The number of methoxy groups -OCH3 is 1. The molecule has 1 heterocycles. The van der Waals surface area contributed by atoms with Gasteiger partial charge < -0.3 is 9.84 Å². The Bertz CT molecular complexity index is 609. The molecule has 0 amide bonds. The maximum atomic E-state index is 11.3. The summed E-state index contributed by atoms with van der Waals surface area (Å²) >= 11 is 11.6. The molecule has 1 aromatic carbocycles. The molecule has 0 aliphatic carbocycles. The molecule has 0 spiro atoms. The highest BCUT2D eigenvalue weighted by atomic mass is 35.5. The van der Waals surface area contributed by atoms with Crippen molar-refractivity contribution in [1.29, 1.82) is 0 Å². The number of carbonyl (C=O) groups excluding carboxylic acids is 1. The Hall–Kier alpha value is -1.62. The monoisotopic (exact) mass is 311 g/mol. The van der Waals surface area contributed by atoms with Crippen molar-refractivity contribution in [3.05, 3.63) is 63.4 Å². The second kappa shape index (κ2) is 6.22. The molecule has 1 aromatic heterocycles. The Morgan fingerprint density at radius 1 is 1.15 bits per heavy atom. The molecule has 0 radical (unpaired) electrons. The van der Waals surface area contributed by atoms with Gasteiger partial charge in [-0.1, -0.05) is 35.3 Å². The lowest BCUT2D eigenvalue weighted by atomic mass is 10.0. The summed E-state index contributed by atoms with van der Waals surface area (Å²) in [5.41, 5.74) is 1.55. The first-order valence-corrected chi connectivity index (χ1v) is 6.46. The second-order valence-electron chi connectivity index (χ2n) is 4.06. The third-order valence-electron chi connectivity index (χ3n) is 2.75. The van der Waals surface area contributed by atoms with Gasteiger partial charge in [-0.25, -0.2) is 9.78 Å². The number of halogens is 2. The van der Waals surface area contributed by atoms with Gasteiger partial charge in [0.15, 0.2) is 0 Å². The van der Waals surface area contributed by atoms with Crippen molar-refractivity contribution in [2.75, 3.05) is 7.11 Å². The standard InChI is InChI=1S/C14H11Cl2NO3/c1-20-14(19)9-4-2-8(3-5-9)13(18)10-6-11(15)17-12(16)7-10/h2-7,13,18H,1H3. The van der Waals surface area contributed by atoms with Crippen molar-refractivity contribution in [1.82, 2.24) is 4.98 Å². The van der Waals surface area contributed by atoms with Gasteiger partial charge in [0.25, 0.3) is 0 Å². The summed E-state index contributed by atoms with van der Waals surface area (Å²) in [6.07, 6.45) is -0.903. The zero-order valence-corrected chi connectivity index (χ0v) is 12.0. The first-order valence-electron chi connectivity index (χ1n) is 5.70. The first kappa shape index (κ1) is 14.8. The first-order chi connectivity index (χ1) is 9.51. The van der Waals surface area contributed by atoms with E-state index in [1.807, 2.05) is 0 Å². The van der Waals surface area contributed by atoms with Gasteiger partial charge in [0.2, 0.25) is 0 Å². The minimum Gasteiger partial charge on any atom is -0.465 e. The molecule has 1 unspecified atom stereocenters. The Labute approximate surface area is 125 Å². The molecule has 1 N–H and O–H groups in total. The van der Waals surface area contributed by atoms with E-state index in [1.54, 1.807) is 24.3 Å². The van der Waals surface area contributed by atoms with Gasteiger partial charge >= 0.3 is 5.97 Å². The van der Waals surface area contributed by atoms with Crippen LogP contribution in [0.5, 0.6) is 0 Å². The molecule has 0 bridgehead atoms. The lowest BCUT2D eigenvalue weighted by Crippen LogP contribution is -2.04. The molecule has 6 heteroatoms. The van der Waals surface area contributed by atoms with Crippen molar-refractivity contribution in [2.24, 2.45) is 0 Å². The van der Waals surface area contributed by atoms with Gasteiger partial charge in [-0.2, -0.15) is 0 Å². The molecule has 0 saturated heterocycles. The predicted octanol–water partition coefficient (Wildman–Crippen LogP) is 3.26. The number of hydrogen-bond donors (Lipinski definition) is 1. The highest BCUT2D eigenvalue weighted by Gasteiger charge is 2.13. The van der Waals surface area contributed by atoms with E-state index in [-0.39, 0.29) is 10.3 Å². The number of aliphatic hydroxyl groups excluding tert-OH is 1. The second-order valence-corrected chi connectivity index (χ2v) is 4.84. The van der Waals surface area contributed by atoms with Crippen LogP contribution >= 0.6 is 23.2 Å². The molecule has 0 aliphatic heterocycles. The third kappa shape index (κ3) is 3.28. The fraction of sp³-hybridized carbons (Fsp3) is 0.143. The molecule has 104 valence electrons. The van der Waals surface area contributed by atoms with E-state index in [0.29, 0.717) is 16.7 Å². The number of aromatic nitrogens is 1. The van der Waals surface area contributed by atoms with Crippen molar-refractivity contribution in [3.63, 3.8) is 0 Å². The zero-order chi connectivity index (χ0) is 14.7. The van der Waals surface area contributed by atoms with Crippen LogP contribution < -0.4 is 0 Å². The Balaban J connectivity index is 2.28. The van der Waals surface area contributed by atoms with E-state index >= 15 is 0 Å². The highest BCUT2D eigenvalue weighted by Crippen LogP contribution is 2.26. The van der Waals surface area contributed by atoms with Crippen LogP contribution in [0.2, 0.25) is 10.3 Å². The summed E-state index contributed by atoms with van der Waals surface area (Å²) in [6.45, 7) is 0. The third-order valence-corrected chi connectivity index (χ3v) is 3.14. The average Bonchev–Trinajstić information content (AvgIpc) is 2.45. The summed E-state index contributed by atoms with van der Waals surface area (Å²) in [4.78, 5) is 15.1. The summed E-state index contributed by atoms with van der Waals surface area (Å²) in [6, 6.07) is 9.50. The maximum absolute atomic E-state index is 11.3. The van der Waals surface area contributed by atoms with Gasteiger partial charge in [-0.15, -0.1) is 0 Å². The SMILES string of the molecule is COC(=O)c1ccc(C(O)c2cc(Cl)nc(Cl)c2)cc1. The molecule has 4 nitrogen and oxygen atoms in total. The van der Waals surface area contributed by atoms with Crippen molar-refractivity contribution in [3.8, 4) is 0 Å². The minimum atomic E-state index is -0.903. The summed E-state index contributed by atoms with van der Waals surface area (Å²) in [5, 5.41) is 10.7. The summed E-state index contributed by atoms with van der Waals surface area (Å²) in [5.74, 6) is -0.430. The van der Waals surface area contributed by atoms with Crippen molar-refractivity contribution in [2.45, 2.75) is 6.10 Å². The molecule has 2 aromatic rings. The predicted molar refractivity (Wildman–Crippen MR) is 76.1 cm³/mol. The topological polar surface area (TPSA) is 59.4 Å². The van der Waals surface area contributed by atoms with Crippen LogP contribution in [0.3, 0.4) is 0 Å². The van der Waals surface area contributed by atoms with E-state index in [0.717, 1.165) is 0 Å². The van der Waals surface area contributed by atoms with Gasteiger partial charge in [0.05, 0.1) is 12.7 Å². The molecular weight excluding hydrogens is 301 g/mol.